The van der Waals surface area contributed by atoms with E-state index in [1.54, 1.807) is 12.1 Å². The Kier molecular flexibility index (Phi) is 7.11. The molecule has 4 nitrogen and oxygen atoms in total. The molecule has 0 fully saturated rings. The first-order valence-corrected chi connectivity index (χ1v) is 14.4. The maximum atomic E-state index is 13.7. The highest BCUT2D eigenvalue weighted by Gasteiger charge is 2.48. The molecule has 0 spiro atoms. The van der Waals surface area contributed by atoms with Crippen LogP contribution < -0.4 is 4.74 Å². The monoisotopic (exact) mass is 615 g/mol. The average molecular weight is 617 g/mol. The number of halogens is 3. The maximum Gasteiger partial charge on any atom is 0.162 e. The van der Waals surface area contributed by atoms with Crippen molar-refractivity contribution in [3.63, 3.8) is 0 Å². The van der Waals surface area contributed by atoms with E-state index in [4.69, 9.17) is 27.9 Å². The van der Waals surface area contributed by atoms with E-state index in [0.29, 0.717) is 28.6 Å². The molecule has 0 radical (unpaired) electrons. The van der Waals surface area contributed by atoms with E-state index in [1.807, 2.05) is 31.3 Å². The van der Waals surface area contributed by atoms with E-state index in [1.165, 1.54) is 0 Å². The lowest BCUT2D eigenvalue weighted by atomic mass is 9.64. The van der Waals surface area contributed by atoms with Gasteiger partial charge in [0.15, 0.2) is 11.6 Å². The fourth-order valence-electron chi connectivity index (χ4n) is 6.11. The Bertz CT molecular complexity index is 1370. The summed E-state index contributed by atoms with van der Waals surface area (Å²) in [6.07, 6.45) is 2.55. The van der Waals surface area contributed by atoms with E-state index in [9.17, 15) is 9.59 Å². The Labute approximate surface area is 243 Å². The number of allylic oxidation sites excluding steroid dienone is 4. The van der Waals surface area contributed by atoms with Crippen molar-refractivity contribution in [2.24, 2.45) is 10.8 Å². The molecule has 3 aliphatic rings. The Morgan fingerprint density at radius 2 is 1.47 bits per heavy atom. The molecule has 38 heavy (non-hydrogen) atoms. The number of carbonyl (C=O) groups excluding carboxylic acids is 2. The molecule has 200 valence electrons. The number of hydrogen-bond acceptors (Lipinski definition) is 4. The zero-order chi connectivity index (χ0) is 27.6. The van der Waals surface area contributed by atoms with Gasteiger partial charge in [0.1, 0.15) is 12.4 Å². The van der Waals surface area contributed by atoms with E-state index in [-0.39, 0.29) is 34.9 Å². The van der Waals surface area contributed by atoms with Crippen LogP contribution in [0.3, 0.4) is 0 Å². The van der Waals surface area contributed by atoms with Gasteiger partial charge >= 0.3 is 0 Å². The molecule has 5 rings (SSSR count). The summed E-state index contributed by atoms with van der Waals surface area (Å²) in [7, 11) is 2.03. The summed E-state index contributed by atoms with van der Waals surface area (Å²) in [6, 6.07) is 11.2. The molecule has 0 atom stereocenters. The second-order valence-corrected chi connectivity index (χ2v) is 14.0. The van der Waals surface area contributed by atoms with Crippen LogP contribution in [0.2, 0.25) is 10.0 Å². The summed E-state index contributed by atoms with van der Waals surface area (Å²) in [5.41, 5.74) is 5.15. The van der Waals surface area contributed by atoms with Crippen molar-refractivity contribution >= 4 is 50.7 Å². The van der Waals surface area contributed by atoms with Gasteiger partial charge in [-0.05, 0) is 69.4 Å². The van der Waals surface area contributed by atoms with Gasteiger partial charge in [-0.2, -0.15) is 0 Å². The van der Waals surface area contributed by atoms with Crippen LogP contribution in [0, 0.1) is 10.8 Å². The van der Waals surface area contributed by atoms with Gasteiger partial charge in [-0.3, -0.25) is 9.59 Å². The second-order valence-electron chi connectivity index (χ2n) is 12.3. The predicted molar refractivity (Wildman–Crippen MR) is 156 cm³/mol. The zero-order valence-corrected chi connectivity index (χ0v) is 25.5. The number of Topliss-reactive ketones (excluding diaryl/α,β-unsaturated/α-hetero) is 2. The van der Waals surface area contributed by atoms with Crippen molar-refractivity contribution < 1.29 is 14.3 Å². The Balaban J connectivity index is 1.55. The third kappa shape index (κ3) is 5.10. The van der Waals surface area contributed by atoms with Crippen LogP contribution in [0.5, 0.6) is 5.75 Å². The van der Waals surface area contributed by atoms with Crippen LogP contribution >= 0.6 is 39.1 Å². The standard InChI is InChI=1S/C31H32BrCl2NO3/c1-30(2)12-22-28(24(36)14-30)27(29-23(35(22)5)13-31(3,4)15-25(29)37)17-7-9-26(20(32)10-17)38-16-18-6-8-19(33)11-21(18)34/h6-11,27H,12-16H2,1-5H3. The fraction of sp³-hybridized carbons (Fsp3) is 0.419. The fourth-order valence-corrected chi connectivity index (χ4v) is 7.08. The highest BCUT2D eigenvalue weighted by atomic mass is 79.9. The van der Waals surface area contributed by atoms with Gasteiger partial charge < -0.3 is 9.64 Å². The number of hydrogen-bond donors (Lipinski definition) is 0. The normalized spacial score (nSPS) is 21.0. The van der Waals surface area contributed by atoms with Crippen molar-refractivity contribution in [1.29, 1.82) is 0 Å². The number of carbonyl (C=O) groups is 2. The summed E-state index contributed by atoms with van der Waals surface area (Å²) < 4.78 is 6.83. The number of nitrogens with zero attached hydrogens (tertiary/aromatic N) is 1. The first kappa shape index (κ1) is 27.5. The van der Waals surface area contributed by atoms with Crippen LogP contribution in [-0.2, 0) is 16.2 Å². The highest BCUT2D eigenvalue weighted by molar-refractivity contribution is 9.10. The minimum atomic E-state index is -0.376. The molecule has 1 aliphatic heterocycles. The van der Waals surface area contributed by atoms with Gasteiger partial charge in [0.2, 0.25) is 0 Å². The van der Waals surface area contributed by atoms with Gasteiger partial charge in [0.05, 0.1) is 4.47 Å². The molecule has 0 unspecified atom stereocenters. The number of benzene rings is 2. The molecule has 2 aliphatic carbocycles. The largest absolute Gasteiger partial charge is 0.488 e. The second kappa shape index (κ2) is 9.83. The molecule has 0 bridgehead atoms. The number of ether oxygens (including phenoxy) is 1. The Hall–Kier alpha value is -2.08. The van der Waals surface area contributed by atoms with Crippen LogP contribution in [0.15, 0.2) is 63.4 Å². The molecule has 1 heterocycles. The Morgan fingerprint density at radius 3 is 2.00 bits per heavy atom. The summed E-state index contributed by atoms with van der Waals surface area (Å²) in [5, 5.41) is 1.12. The average Bonchev–Trinajstić information content (AvgIpc) is 2.79. The van der Waals surface area contributed by atoms with Gasteiger partial charge in [0, 0.05) is 64.0 Å². The van der Waals surface area contributed by atoms with Crippen LogP contribution in [0.1, 0.15) is 70.4 Å². The topological polar surface area (TPSA) is 46.6 Å². The third-order valence-corrected chi connectivity index (χ3v) is 9.07. The first-order valence-electron chi connectivity index (χ1n) is 12.9. The van der Waals surface area contributed by atoms with Crippen molar-refractivity contribution in [1.82, 2.24) is 4.90 Å². The maximum absolute atomic E-state index is 13.7. The van der Waals surface area contributed by atoms with Crippen molar-refractivity contribution in [2.45, 2.75) is 65.9 Å². The molecule has 7 heteroatoms. The minimum Gasteiger partial charge on any atom is -0.488 e. The highest BCUT2D eigenvalue weighted by Crippen LogP contribution is 2.54. The van der Waals surface area contributed by atoms with Crippen LogP contribution in [0.4, 0.5) is 0 Å². The molecule has 0 amide bonds. The Morgan fingerprint density at radius 1 is 0.895 bits per heavy atom. The quantitative estimate of drug-likeness (QED) is 0.345. The van der Waals surface area contributed by atoms with Crippen molar-refractivity contribution in [2.75, 3.05) is 7.05 Å². The molecular weight excluding hydrogens is 585 g/mol. The minimum absolute atomic E-state index is 0.123. The molecular formula is C31H32BrCl2NO3. The van der Waals surface area contributed by atoms with Gasteiger partial charge in [0.25, 0.3) is 0 Å². The van der Waals surface area contributed by atoms with E-state index in [2.05, 4.69) is 48.5 Å². The number of ketones is 2. The molecule has 0 saturated heterocycles. The van der Waals surface area contributed by atoms with Gasteiger partial charge in [-0.1, -0.05) is 63.0 Å². The summed E-state index contributed by atoms with van der Waals surface area (Å²) in [6.45, 7) is 8.87. The van der Waals surface area contributed by atoms with Gasteiger partial charge in [-0.25, -0.2) is 0 Å². The lowest BCUT2D eigenvalue weighted by molar-refractivity contribution is -0.119. The molecule has 0 N–H and O–H groups in total. The molecule has 2 aromatic carbocycles. The lowest BCUT2D eigenvalue weighted by Crippen LogP contribution is -2.43. The molecule has 2 aromatic rings. The first-order chi connectivity index (χ1) is 17.8. The van der Waals surface area contributed by atoms with Crippen LogP contribution in [-0.4, -0.2) is 23.5 Å². The molecule has 0 aromatic heterocycles. The SMILES string of the molecule is CN1C2=C(C(=O)CC(C)(C)C2)C(c2ccc(OCc3ccc(Cl)cc3Cl)c(Br)c2)C2=C1CC(C)(C)CC2=O. The summed E-state index contributed by atoms with van der Waals surface area (Å²) in [5.74, 6) is 0.542. The predicted octanol–water partition coefficient (Wildman–Crippen LogP) is 8.65. The van der Waals surface area contributed by atoms with Crippen LogP contribution in [0.25, 0.3) is 0 Å². The summed E-state index contributed by atoms with van der Waals surface area (Å²) in [4.78, 5) is 29.5. The van der Waals surface area contributed by atoms with E-state index in [0.717, 1.165) is 51.0 Å². The lowest BCUT2D eigenvalue weighted by Gasteiger charge is -2.47. The van der Waals surface area contributed by atoms with Crippen molar-refractivity contribution in [3.05, 3.63) is 84.6 Å². The van der Waals surface area contributed by atoms with E-state index < -0.39 is 0 Å². The van der Waals surface area contributed by atoms with Gasteiger partial charge in [-0.15, -0.1) is 0 Å². The van der Waals surface area contributed by atoms with E-state index >= 15 is 0 Å². The van der Waals surface area contributed by atoms with Crippen molar-refractivity contribution in [3.8, 4) is 5.75 Å². The third-order valence-electron chi connectivity index (χ3n) is 7.87. The summed E-state index contributed by atoms with van der Waals surface area (Å²) >= 11 is 16.0. The molecule has 0 saturated carbocycles. The zero-order valence-electron chi connectivity index (χ0n) is 22.4. The smallest absolute Gasteiger partial charge is 0.162 e. The number of rotatable bonds is 4.